The second-order valence-corrected chi connectivity index (χ2v) is 4.73. The molecule has 2 amide bonds. The first-order valence-corrected chi connectivity index (χ1v) is 6.80. The van der Waals surface area contributed by atoms with Gasteiger partial charge in [-0.25, -0.2) is 4.79 Å². The van der Waals surface area contributed by atoms with Crippen molar-refractivity contribution in [3.8, 4) is 0 Å². The smallest absolute Gasteiger partial charge is 0.321 e. The van der Waals surface area contributed by atoms with Gasteiger partial charge in [0.25, 0.3) is 0 Å². The number of likely N-dealkylation sites (N-methyl/N-ethyl adjacent to an activating group) is 1. The number of hydrogen-bond donors (Lipinski definition) is 2. The molecule has 0 fully saturated rings. The summed E-state index contributed by atoms with van der Waals surface area (Å²) in [6.07, 6.45) is 1.76. The van der Waals surface area contributed by atoms with Gasteiger partial charge in [0, 0.05) is 12.7 Å². The Morgan fingerprint density at radius 2 is 1.84 bits per heavy atom. The van der Waals surface area contributed by atoms with E-state index in [-0.39, 0.29) is 18.7 Å². The maximum Gasteiger partial charge on any atom is 0.321 e. The van der Waals surface area contributed by atoms with Crippen LogP contribution in [-0.4, -0.2) is 35.7 Å². The first-order chi connectivity index (χ1) is 9.04. The van der Waals surface area contributed by atoms with Gasteiger partial charge in [0.2, 0.25) is 0 Å². The van der Waals surface area contributed by atoms with E-state index in [1.165, 1.54) is 4.90 Å². The summed E-state index contributed by atoms with van der Waals surface area (Å²) < 4.78 is 0. The molecule has 0 aliphatic carbocycles. The van der Waals surface area contributed by atoms with E-state index >= 15 is 0 Å². The van der Waals surface area contributed by atoms with Crippen LogP contribution in [0, 0.1) is 0 Å². The van der Waals surface area contributed by atoms with E-state index in [0.717, 1.165) is 29.7 Å². The molecule has 1 unspecified atom stereocenters. The van der Waals surface area contributed by atoms with Crippen LogP contribution >= 0.6 is 0 Å². The Labute approximate surface area is 115 Å². The summed E-state index contributed by atoms with van der Waals surface area (Å²) in [7, 11) is 1.69. The molecule has 0 bridgehead atoms. The number of rotatable bonds is 5. The molecule has 4 heteroatoms. The second kappa shape index (κ2) is 7.14. The van der Waals surface area contributed by atoms with Crippen LogP contribution in [0.5, 0.6) is 0 Å². The predicted octanol–water partition coefficient (Wildman–Crippen LogP) is 2.66. The second-order valence-electron chi connectivity index (χ2n) is 4.73. The predicted molar refractivity (Wildman–Crippen MR) is 78.5 cm³/mol. The third-order valence-electron chi connectivity index (χ3n) is 3.48. The molecule has 4 nitrogen and oxygen atoms in total. The number of carbonyl (C=O) groups excluding carboxylic acids is 1. The van der Waals surface area contributed by atoms with Gasteiger partial charge in [0.15, 0.2) is 0 Å². The minimum Gasteiger partial charge on any atom is -0.394 e. The molecule has 1 atom stereocenters. The molecule has 106 valence electrons. The van der Waals surface area contributed by atoms with Crippen LogP contribution in [0.3, 0.4) is 0 Å². The van der Waals surface area contributed by atoms with Gasteiger partial charge in [-0.05, 0) is 30.9 Å². The molecule has 19 heavy (non-hydrogen) atoms. The average molecular weight is 264 g/mol. The van der Waals surface area contributed by atoms with Crippen molar-refractivity contribution in [1.29, 1.82) is 0 Å². The number of aliphatic hydroxyl groups is 1. The van der Waals surface area contributed by atoms with Crippen molar-refractivity contribution in [2.45, 2.75) is 39.7 Å². The molecule has 2 N–H and O–H groups in total. The number of aryl methyl sites for hydroxylation is 2. The van der Waals surface area contributed by atoms with Crippen LogP contribution in [0.1, 0.15) is 31.9 Å². The van der Waals surface area contributed by atoms with Gasteiger partial charge in [0.05, 0.1) is 12.6 Å². The molecule has 0 aromatic heterocycles. The van der Waals surface area contributed by atoms with Crippen LogP contribution in [0.2, 0.25) is 0 Å². The van der Waals surface area contributed by atoms with Gasteiger partial charge in [-0.3, -0.25) is 0 Å². The monoisotopic (exact) mass is 264 g/mol. The number of nitrogens with zero attached hydrogens (tertiary/aromatic N) is 1. The van der Waals surface area contributed by atoms with Crippen molar-refractivity contribution in [2.24, 2.45) is 0 Å². The molecular formula is C15H24N2O2. The Morgan fingerprint density at radius 3 is 2.26 bits per heavy atom. The van der Waals surface area contributed by atoms with Crippen molar-refractivity contribution in [3.63, 3.8) is 0 Å². The van der Waals surface area contributed by atoms with Crippen LogP contribution in [0.4, 0.5) is 10.5 Å². The Morgan fingerprint density at radius 1 is 1.32 bits per heavy atom. The molecule has 0 saturated heterocycles. The number of benzene rings is 1. The van der Waals surface area contributed by atoms with Crippen LogP contribution in [0.25, 0.3) is 0 Å². The number of nitrogens with one attached hydrogen (secondary N) is 1. The maximum absolute atomic E-state index is 12.2. The number of aliphatic hydroxyl groups excluding tert-OH is 1. The van der Waals surface area contributed by atoms with Crippen molar-refractivity contribution in [2.75, 3.05) is 19.0 Å². The van der Waals surface area contributed by atoms with E-state index in [2.05, 4.69) is 19.2 Å². The van der Waals surface area contributed by atoms with E-state index in [1.807, 2.05) is 25.1 Å². The highest BCUT2D eigenvalue weighted by molar-refractivity contribution is 5.91. The molecule has 0 aliphatic rings. The Balaban J connectivity index is 2.95. The van der Waals surface area contributed by atoms with Crippen molar-refractivity contribution < 1.29 is 9.90 Å². The first-order valence-electron chi connectivity index (χ1n) is 6.80. The van der Waals surface area contributed by atoms with Gasteiger partial charge in [-0.1, -0.05) is 32.0 Å². The van der Waals surface area contributed by atoms with E-state index in [1.54, 1.807) is 7.05 Å². The molecule has 1 aromatic rings. The zero-order valence-electron chi connectivity index (χ0n) is 12.2. The van der Waals surface area contributed by atoms with Gasteiger partial charge >= 0.3 is 6.03 Å². The first kappa shape index (κ1) is 15.5. The average Bonchev–Trinajstić information content (AvgIpc) is 2.45. The summed E-state index contributed by atoms with van der Waals surface area (Å²) in [5, 5.41) is 12.1. The molecule has 1 rings (SSSR count). The summed E-state index contributed by atoms with van der Waals surface area (Å²) in [5.41, 5.74) is 3.19. The zero-order valence-corrected chi connectivity index (χ0v) is 12.2. The molecular weight excluding hydrogens is 240 g/mol. The van der Waals surface area contributed by atoms with E-state index in [4.69, 9.17) is 5.11 Å². The molecule has 0 radical (unpaired) electrons. The standard InChI is InChI=1S/C15H24N2O2/c1-5-12-8-7-9-13(6-2)14(12)16-15(19)17(4)11(3)10-18/h7-9,11,18H,5-6,10H2,1-4H3,(H,16,19). The Kier molecular flexibility index (Phi) is 5.83. The molecule has 0 heterocycles. The minimum absolute atomic E-state index is 0.0417. The highest BCUT2D eigenvalue weighted by Gasteiger charge is 2.17. The number of urea groups is 1. The molecule has 0 spiro atoms. The van der Waals surface area contributed by atoms with Gasteiger partial charge in [-0.15, -0.1) is 0 Å². The lowest BCUT2D eigenvalue weighted by Gasteiger charge is -2.25. The van der Waals surface area contributed by atoms with Crippen molar-refractivity contribution >= 4 is 11.7 Å². The fourth-order valence-electron chi connectivity index (χ4n) is 1.92. The quantitative estimate of drug-likeness (QED) is 0.859. The van der Waals surface area contributed by atoms with E-state index in [9.17, 15) is 4.79 Å². The Bertz CT molecular complexity index is 410. The topological polar surface area (TPSA) is 52.6 Å². The van der Waals surface area contributed by atoms with E-state index < -0.39 is 0 Å². The maximum atomic E-state index is 12.2. The van der Waals surface area contributed by atoms with Crippen LogP contribution < -0.4 is 5.32 Å². The zero-order chi connectivity index (χ0) is 14.4. The van der Waals surface area contributed by atoms with Crippen molar-refractivity contribution in [1.82, 2.24) is 4.90 Å². The Hall–Kier alpha value is -1.55. The van der Waals surface area contributed by atoms with Crippen LogP contribution in [-0.2, 0) is 12.8 Å². The molecule has 0 aliphatic heterocycles. The fraction of sp³-hybridized carbons (Fsp3) is 0.533. The SMILES string of the molecule is CCc1cccc(CC)c1NC(=O)N(C)C(C)CO. The summed E-state index contributed by atoms with van der Waals surface area (Å²) >= 11 is 0. The summed E-state index contributed by atoms with van der Waals surface area (Å²) in [5.74, 6) is 0. The lowest BCUT2D eigenvalue weighted by molar-refractivity contribution is 0.166. The third kappa shape index (κ3) is 3.70. The van der Waals surface area contributed by atoms with Gasteiger partial charge in [-0.2, -0.15) is 0 Å². The highest BCUT2D eigenvalue weighted by atomic mass is 16.3. The van der Waals surface area contributed by atoms with Crippen molar-refractivity contribution in [3.05, 3.63) is 29.3 Å². The largest absolute Gasteiger partial charge is 0.394 e. The summed E-state index contributed by atoms with van der Waals surface area (Å²) in [6, 6.07) is 5.71. The van der Waals surface area contributed by atoms with E-state index in [0.29, 0.717) is 0 Å². The number of carbonyl (C=O) groups is 1. The summed E-state index contributed by atoms with van der Waals surface area (Å²) in [4.78, 5) is 13.7. The molecule has 1 aromatic carbocycles. The van der Waals surface area contributed by atoms with Gasteiger partial charge < -0.3 is 15.3 Å². The fourth-order valence-corrected chi connectivity index (χ4v) is 1.92. The normalized spacial score (nSPS) is 12.1. The lowest BCUT2D eigenvalue weighted by atomic mass is 10.0. The third-order valence-corrected chi connectivity index (χ3v) is 3.48. The van der Waals surface area contributed by atoms with Gasteiger partial charge in [0.1, 0.15) is 0 Å². The number of amides is 2. The van der Waals surface area contributed by atoms with Crippen LogP contribution in [0.15, 0.2) is 18.2 Å². The number of anilines is 1. The number of hydrogen-bond acceptors (Lipinski definition) is 2. The highest BCUT2D eigenvalue weighted by Crippen LogP contribution is 2.23. The lowest BCUT2D eigenvalue weighted by Crippen LogP contribution is -2.40. The molecule has 0 saturated carbocycles. The summed E-state index contributed by atoms with van der Waals surface area (Å²) in [6.45, 7) is 5.92. The minimum atomic E-state index is -0.195. The number of para-hydroxylation sites is 1.